The average molecular weight is 241 g/mol. The summed E-state index contributed by atoms with van der Waals surface area (Å²) in [5.74, 6) is -1.18. The first kappa shape index (κ1) is 12.4. The Labute approximate surface area is 100 Å². The predicted octanol–water partition coefficient (Wildman–Crippen LogP) is 0.615. The minimum absolute atomic E-state index is 0.128. The van der Waals surface area contributed by atoms with Gasteiger partial charge in [0.25, 0.3) is 0 Å². The highest BCUT2D eigenvalue weighted by molar-refractivity contribution is 6.05. The molecule has 0 bridgehead atoms. The molecule has 1 aliphatic heterocycles. The van der Waals surface area contributed by atoms with Crippen molar-refractivity contribution >= 4 is 11.9 Å². The standard InChI is InChI=1S/C12H19NO4/c14-8-2-4-9-3-1-7-13(9)10(15)12(5-6-12)11(16)17/h9,14H,1-8H2,(H,16,17). The van der Waals surface area contributed by atoms with Gasteiger partial charge in [0.05, 0.1) is 0 Å². The molecule has 1 amide bonds. The minimum atomic E-state index is -1.11. The van der Waals surface area contributed by atoms with Crippen LogP contribution in [-0.2, 0) is 9.59 Å². The first-order valence-electron chi connectivity index (χ1n) is 6.27. The number of carbonyl (C=O) groups excluding carboxylic acids is 1. The van der Waals surface area contributed by atoms with Gasteiger partial charge in [0.2, 0.25) is 5.91 Å². The number of carboxylic acid groups (broad SMARTS) is 1. The normalized spacial score (nSPS) is 25.9. The Hall–Kier alpha value is -1.10. The molecule has 5 nitrogen and oxygen atoms in total. The summed E-state index contributed by atoms with van der Waals surface area (Å²) in [5, 5.41) is 17.9. The molecule has 5 heteroatoms. The summed E-state index contributed by atoms with van der Waals surface area (Å²) in [6.07, 6.45) is 4.28. The smallest absolute Gasteiger partial charge is 0.319 e. The van der Waals surface area contributed by atoms with Crippen LogP contribution < -0.4 is 0 Å². The number of carbonyl (C=O) groups is 2. The maximum absolute atomic E-state index is 12.2. The number of nitrogens with zero attached hydrogens (tertiary/aromatic N) is 1. The van der Waals surface area contributed by atoms with Crippen molar-refractivity contribution < 1.29 is 19.8 Å². The second-order valence-corrected chi connectivity index (χ2v) is 5.05. The summed E-state index contributed by atoms with van der Waals surface area (Å²) in [7, 11) is 0. The molecule has 1 atom stereocenters. The molecule has 2 fully saturated rings. The van der Waals surface area contributed by atoms with E-state index in [1.165, 1.54) is 0 Å². The quantitative estimate of drug-likeness (QED) is 0.691. The third-order valence-corrected chi connectivity index (χ3v) is 3.90. The van der Waals surface area contributed by atoms with E-state index in [9.17, 15) is 9.59 Å². The van der Waals surface area contributed by atoms with E-state index in [1.807, 2.05) is 0 Å². The van der Waals surface area contributed by atoms with Crippen LogP contribution in [0.15, 0.2) is 0 Å². The number of hydrogen-bond acceptors (Lipinski definition) is 3. The highest BCUT2D eigenvalue weighted by atomic mass is 16.4. The number of carboxylic acids is 1. The lowest BCUT2D eigenvalue weighted by Gasteiger charge is -2.27. The van der Waals surface area contributed by atoms with Crippen LogP contribution in [0.2, 0.25) is 0 Å². The molecule has 2 rings (SSSR count). The van der Waals surface area contributed by atoms with Crippen molar-refractivity contribution in [2.75, 3.05) is 13.2 Å². The number of likely N-dealkylation sites (tertiary alicyclic amines) is 1. The molecule has 0 aromatic heterocycles. The van der Waals surface area contributed by atoms with Crippen molar-refractivity contribution in [3.8, 4) is 0 Å². The van der Waals surface area contributed by atoms with Gasteiger partial charge in [0.15, 0.2) is 0 Å². The molecule has 2 aliphatic rings. The van der Waals surface area contributed by atoms with Gasteiger partial charge in [-0.05, 0) is 38.5 Å². The van der Waals surface area contributed by atoms with Gasteiger partial charge in [-0.3, -0.25) is 9.59 Å². The Bertz CT molecular complexity index is 324. The van der Waals surface area contributed by atoms with Gasteiger partial charge < -0.3 is 15.1 Å². The van der Waals surface area contributed by atoms with Gasteiger partial charge in [-0.15, -0.1) is 0 Å². The zero-order valence-electron chi connectivity index (χ0n) is 9.89. The lowest BCUT2D eigenvalue weighted by atomic mass is 10.0. The van der Waals surface area contributed by atoms with Crippen LogP contribution in [0.25, 0.3) is 0 Å². The Kier molecular flexibility index (Phi) is 3.38. The molecule has 17 heavy (non-hydrogen) atoms. The summed E-state index contributed by atoms with van der Waals surface area (Å²) < 4.78 is 0. The third kappa shape index (κ3) is 2.16. The van der Waals surface area contributed by atoms with Crippen LogP contribution in [0.4, 0.5) is 0 Å². The lowest BCUT2D eigenvalue weighted by molar-refractivity contribution is -0.153. The number of rotatable bonds is 5. The molecular weight excluding hydrogens is 222 g/mol. The van der Waals surface area contributed by atoms with E-state index < -0.39 is 11.4 Å². The van der Waals surface area contributed by atoms with Crippen LogP contribution in [0.5, 0.6) is 0 Å². The van der Waals surface area contributed by atoms with Crippen molar-refractivity contribution in [1.82, 2.24) is 4.90 Å². The Morgan fingerprint density at radius 1 is 1.35 bits per heavy atom. The van der Waals surface area contributed by atoms with Crippen LogP contribution in [0.3, 0.4) is 0 Å². The fraction of sp³-hybridized carbons (Fsp3) is 0.833. The van der Waals surface area contributed by atoms with E-state index in [2.05, 4.69) is 0 Å². The molecule has 0 radical (unpaired) electrons. The lowest BCUT2D eigenvalue weighted by Crippen LogP contribution is -2.43. The molecule has 1 heterocycles. The van der Waals surface area contributed by atoms with Crippen molar-refractivity contribution in [2.24, 2.45) is 5.41 Å². The van der Waals surface area contributed by atoms with Crippen LogP contribution in [-0.4, -0.2) is 46.2 Å². The zero-order valence-corrected chi connectivity index (χ0v) is 9.89. The number of aliphatic carboxylic acids is 1. The van der Waals surface area contributed by atoms with Crippen molar-refractivity contribution in [3.05, 3.63) is 0 Å². The second-order valence-electron chi connectivity index (χ2n) is 5.05. The summed E-state index contributed by atoms with van der Waals surface area (Å²) in [6, 6.07) is 0.131. The van der Waals surface area contributed by atoms with Gasteiger partial charge in [0.1, 0.15) is 5.41 Å². The summed E-state index contributed by atoms with van der Waals surface area (Å²) in [4.78, 5) is 25.1. The van der Waals surface area contributed by atoms with Crippen molar-refractivity contribution in [1.29, 1.82) is 0 Å². The third-order valence-electron chi connectivity index (χ3n) is 3.90. The van der Waals surface area contributed by atoms with Gasteiger partial charge in [-0.2, -0.15) is 0 Å². The van der Waals surface area contributed by atoms with Gasteiger partial charge in [-0.1, -0.05) is 0 Å². The van der Waals surface area contributed by atoms with Crippen molar-refractivity contribution in [2.45, 2.75) is 44.6 Å². The van der Waals surface area contributed by atoms with Gasteiger partial charge in [-0.25, -0.2) is 0 Å². The van der Waals surface area contributed by atoms with E-state index in [4.69, 9.17) is 10.2 Å². The molecule has 1 aliphatic carbocycles. The highest BCUT2D eigenvalue weighted by Gasteiger charge is 2.59. The van der Waals surface area contributed by atoms with E-state index in [-0.39, 0.29) is 18.6 Å². The number of amides is 1. The molecule has 1 saturated heterocycles. The predicted molar refractivity (Wildman–Crippen MR) is 60.4 cm³/mol. The van der Waals surface area contributed by atoms with Crippen LogP contribution >= 0.6 is 0 Å². The largest absolute Gasteiger partial charge is 0.480 e. The van der Waals surface area contributed by atoms with E-state index >= 15 is 0 Å². The van der Waals surface area contributed by atoms with E-state index in [1.54, 1.807) is 4.90 Å². The van der Waals surface area contributed by atoms with Gasteiger partial charge in [0, 0.05) is 19.2 Å². The summed E-state index contributed by atoms with van der Waals surface area (Å²) in [5.41, 5.74) is -1.11. The summed E-state index contributed by atoms with van der Waals surface area (Å²) in [6.45, 7) is 0.798. The number of hydrogen-bond donors (Lipinski definition) is 2. The molecular formula is C12H19NO4. The van der Waals surface area contributed by atoms with Crippen molar-refractivity contribution in [3.63, 3.8) is 0 Å². The number of aliphatic hydroxyl groups is 1. The average Bonchev–Trinajstić information content (AvgIpc) is 2.99. The molecule has 96 valence electrons. The van der Waals surface area contributed by atoms with Gasteiger partial charge >= 0.3 is 5.97 Å². The molecule has 0 spiro atoms. The fourth-order valence-corrected chi connectivity index (χ4v) is 2.65. The Morgan fingerprint density at radius 2 is 2.06 bits per heavy atom. The van der Waals surface area contributed by atoms with E-state index in [0.29, 0.717) is 25.8 Å². The van der Waals surface area contributed by atoms with Crippen LogP contribution in [0, 0.1) is 5.41 Å². The maximum atomic E-state index is 12.2. The monoisotopic (exact) mass is 241 g/mol. The minimum Gasteiger partial charge on any atom is -0.480 e. The highest BCUT2D eigenvalue weighted by Crippen LogP contribution is 2.48. The molecule has 2 N–H and O–H groups in total. The summed E-state index contributed by atoms with van der Waals surface area (Å²) >= 11 is 0. The SMILES string of the molecule is O=C(O)C1(C(=O)N2CCCC2CCCO)CC1. The molecule has 0 aromatic carbocycles. The first-order chi connectivity index (χ1) is 8.12. The fourth-order valence-electron chi connectivity index (χ4n) is 2.65. The maximum Gasteiger partial charge on any atom is 0.319 e. The molecule has 1 saturated carbocycles. The first-order valence-corrected chi connectivity index (χ1v) is 6.27. The Balaban J connectivity index is 2.01. The number of aliphatic hydroxyl groups excluding tert-OH is 1. The zero-order chi connectivity index (χ0) is 12.5. The van der Waals surface area contributed by atoms with E-state index in [0.717, 1.165) is 19.3 Å². The molecule has 0 aromatic rings. The topological polar surface area (TPSA) is 77.8 Å². The molecule has 1 unspecified atom stereocenters. The van der Waals surface area contributed by atoms with Crippen LogP contribution in [0.1, 0.15) is 38.5 Å². The Morgan fingerprint density at radius 3 is 2.59 bits per heavy atom. The second kappa shape index (κ2) is 4.64.